The third-order valence-electron chi connectivity index (χ3n) is 6.16. The molecule has 0 aliphatic carbocycles. The van der Waals surface area contributed by atoms with Crippen LogP contribution in [0, 0.1) is 0 Å². The molecule has 3 aromatic rings. The highest BCUT2D eigenvalue weighted by molar-refractivity contribution is 9.10. The summed E-state index contributed by atoms with van der Waals surface area (Å²) in [4.78, 5) is 31.4. The molecule has 1 aromatic heterocycles. The van der Waals surface area contributed by atoms with Crippen LogP contribution in [0.15, 0.2) is 61.9 Å². The zero-order chi connectivity index (χ0) is 26.2. The standard InChI is InChI=1S/C26H25BrN2O6S/c1-5-26(16-8-10-19(34-4)20(13-16)35-6-2)22(24(32)33)14(3)28-25-29(26)23(31)21(36-25)12-15-7-9-18(30)17(27)11-15/h7-13,30H,5-6H2,1-4H3,(H,32,33). The molecule has 10 heteroatoms. The van der Waals surface area contributed by atoms with E-state index in [-0.39, 0.29) is 23.3 Å². The minimum absolute atomic E-state index is 0.0314. The van der Waals surface area contributed by atoms with Crippen LogP contribution in [0.5, 0.6) is 17.2 Å². The summed E-state index contributed by atoms with van der Waals surface area (Å²) < 4.78 is 13.6. The zero-order valence-corrected chi connectivity index (χ0v) is 22.6. The van der Waals surface area contributed by atoms with Gasteiger partial charge in [-0.05, 0) is 77.7 Å². The number of phenols is 1. The number of fused-ring (bicyclic) bond motifs is 1. The summed E-state index contributed by atoms with van der Waals surface area (Å²) in [5.41, 5.74) is -0.0299. The molecule has 8 nitrogen and oxygen atoms in total. The highest BCUT2D eigenvalue weighted by atomic mass is 79.9. The average molecular weight is 573 g/mol. The quantitative estimate of drug-likeness (QED) is 0.446. The van der Waals surface area contributed by atoms with E-state index in [1.54, 1.807) is 43.3 Å². The third kappa shape index (κ3) is 4.14. The van der Waals surface area contributed by atoms with Crippen molar-refractivity contribution >= 4 is 39.3 Å². The third-order valence-corrected chi connectivity index (χ3v) is 7.77. The van der Waals surface area contributed by atoms with Crippen molar-refractivity contribution < 1.29 is 24.5 Å². The molecular weight excluding hydrogens is 548 g/mol. The van der Waals surface area contributed by atoms with E-state index in [9.17, 15) is 19.8 Å². The SMILES string of the molecule is CCOc1cc(C2(CC)C(C(=O)O)=C(C)N=c3sc(=Cc4ccc(O)c(Br)c4)c(=O)n32)ccc1OC. The van der Waals surface area contributed by atoms with Gasteiger partial charge in [0.05, 0.1) is 34.0 Å². The van der Waals surface area contributed by atoms with Gasteiger partial charge in [0.1, 0.15) is 11.3 Å². The normalized spacial score (nSPS) is 17.5. The Morgan fingerprint density at radius 2 is 1.97 bits per heavy atom. The predicted molar refractivity (Wildman–Crippen MR) is 141 cm³/mol. The lowest BCUT2D eigenvalue weighted by molar-refractivity contribution is -0.133. The van der Waals surface area contributed by atoms with Crippen LogP contribution >= 0.6 is 27.3 Å². The molecule has 0 amide bonds. The van der Waals surface area contributed by atoms with Crippen LogP contribution in [0.25, 0.3) is 6.08 Å². The lowest BCUT2D eigenvalue weighted by Gasteiger charge is -2.37. The van der Waals surface area contributed by atoms with E-state index in [2.05, 4.69) is 20.9 Å². The maximum absolute atomic E-state index is 13.9. The number of carboxylic acid groups (broad SMARTS) is 1. The molecule has 4 rings (SSSR count). The summed E-state index contributed by atoms with van der Waals surface area (Å²) in [5, 5.41) is 20.1. The molecule has 2 N–H and O–H groups in total. The number of thiazole rings is 1. The second kappa shape index (κ2) is 9.94. The van der Waals surface area contributed by atoms with Crippen molar-refractivity contribution in [1.82, 2.24) is 4.57 Å². The van der Waals surface area contributed by atoms with Gasteiger partial charge < -0.3 is 19.7 Å². The number of benzene rings is 2. The molecule has 0 fully saturated rings. The molecule has 0 saturated heterocycles. The lowest BCUT2D eigenvalue weighted by Crippen LogP contribution is -2.52. The maximum atomic E-state index is 13.9. The molecule has 2 heterocycles. The molecule has 188 valence electrons. The fraction of sp³-hybridized carbons (Fsp3) is 0.269. The van der Waals surface area contributed by atoms with Gasteiger partial charge in [-0.3, -0.25) is 9.36 Å². The molecular formula is C26H25BrN2O6S. The first kappa shape index (κ1) is 25.7. The summed E-state index contributed by atoms with van der Waals surface area (Å²) in [6.45, 7) is 5.73. The number of aromatic nitrogens is 1. The van der Waals surface area contributed by atoms with Gasteiger partial charge in [0.15, 0.2) is 16.3 Å². The summed E-state index contributed by atoms with van der Waals surface area (Å²) in [7, 11) is 1.53. The second-order valence-electron chi connectivity index (χ2n) is 8.13. The Morgan fingerprint density at radius 3 is 2.58 bits per heavy atom. The fourth-order valence-electron chi connectivity index (χ4n) is 4.61. The van der Waals surface area contributed by atoms with E-state index < -0.39 is 11.5 Å². The first-order chi connectivity index (χ1) is 17.2. The monoisotopic (exact) mass is 572 g/mol. The number of nitrogens with zero attached hydrogens (tertiary/aromatic N) is 2. The highest BCUT2D eigenvalue weighted by Gasteiger charge is 2.46. The van der Waals surface area contributed by atoms with E-state index >= 15 is 0 Å². The number of methoxy groups -OCH3 is 1. The van der Waals surface area contributed by atoms with Gasteiger partial charge in [0, 0.05) is 0 Å². The Hall–Kier alpha value is -3.37. The fourth-order valence-corrected chi connectivity index (χ4v) is 6.09. The van der Waals surface area contributed by atoms with Crippen LogP contribution in [0.4, 0.5) is 0 Å². The van der Waals surface area contributed by atoms with E-state index in [0.29, 0.717) is 48.7 Å². The maximum Gasteiger partial charge on any atom is 0.336 e. The number of rotatable bonds is 7. The van der Waals surface area contributed by atoms with Crippen LogP contribution in [0.3, 0.4) is 0 Å². The van der Waals surface area contributed by atoms with Gasteiger partial charge in [0.2, 0.25) is 0 Å². The largest absolute Gasteiger partial charge is 0.507 e. The second-order valence-corrected chi connectivity index (χ2v) is 10.00. The van der Waals surface area contributed by atoms with Gasteiger partial charge in [-0.25, -0.2) is 9.79 Å². The number of phenolic OH excluding ortho intramolecular Hbond substituents is 1. The smallest absolute Gasteiger partial charge is 0.336 e. The average Bonchev–Trinajstić information content (AvgIpc) is 3.15. The summed E-state index contributed by atoms with van der Waals surface area (Å²) in [5.74, 6) is -0.0935. The Morgan fingerprint density at radius 1 is 1.22 bits per heavy atom. The zero-order valence-electron chi connectivity index (χ0n) is 20.2. The molecule has 0 saturated carbocycles. The van der Waals surface area contributed by atoms with Crippen molar-refractivity contribution in [3.05, 3.63) is 83.0 Å². The number of hydrogen-bond acceptors (Lipinski definition) is 7. The topological polar surface area (TPSA) is 110 Å². The number of allylic oxidation sites excluding steroid dienone is 1. The van der Waals surface area contributed by atoms with E-state index in [0.717, 1.165) is 0 Å². The molecule has 0 spiro atoms. The Bertz CT molecular complexity index is 1570. The van der Waals surface area contributed by atoms with Gasteiger partial charge in [-0.15, -0.1) is 0 Å². The highest BCUT2D eigenvalue weighted by Crippen LogP contribution is 2.42. The minimum atomic E-state index is -1.32. The Balaban J connectivity index is 2.07. The molecule has 1 atom stereocenters. The number of ether oxygens (including phenoxy) is 2. The van der Waals surface area contributed by atoms with E-state index in [4.69, 9.17) is 9.47 Å². The van der Waals surface area contributed by atoms with E-state index in [1.165, 1.54) is 29.1 Å². The van der Waals surface area contributed by atoms with Crippen molar-refractivity contribution in [2.24, 2.45) is 4.99 Å². The van der Waals surface area contributed by atoms with Crippen molar-refractivity contribution in [2.75, 3.05) is 13.7 Å². The van der Waals surface area contributed by atoms with Crippen LogP contribution in [0.1, 0.15) is 38.3 Å². The van der Waals surface area contributed by atoms with Crippen LogP contribution in [-0.4, -0.2) is 34.5 Å². The van der Waals surface area contributed by atoms with Crippen LogP contribution in [0.2, 0.25) is 0 Å². The molecule has 2 aromatic carbocycles. The van der Waals surface area contributed by atoms with Gasteiger partial charge >= 0.3 is 5.97 Å². The molecule has 1 unspecified atom stereocenters. The first-order valence-corrected chi connectivity index (χ1v) is 12.9. The summed E-state index contributed by atoms with van der Waals surface area (Å²) >= 11 is 4.48. The van der Waals surface area contributed by atoms with Crippen LogP contribution < -0.4 is 24.4 Å². The molecule has 36 heavy (non-hydrogen) atoms. The number of carbonyl (C=O) groups is 1. The predicted octanol–water partition coefficient (Wildman–Crippen LogP) is 3.76. The van der Waals surface area contributed by atoms with Crippen molar-refractivity contribution in [2.45, 2.75) is 32.7 Å². The Labute approximate surface area is 219 Å². The number of aliphatic carboxylic acids is 1. The number of carboxylic acids is 1. The molecule has 0 bridgehead atoms. The molecule has 1 aliphatic heterocycles. The van der Waals surface area contributed by atoms with Crippen molar-refractivity contribution in [1.29, 1.82) is 0 Å². The van der Waals surface area contributed by atoms with Crippen molar-refractivity contribution in [3.8, 4) is 17.2 Å². The molecule has 0 radical (unpaired) electrons. The van der Waals surface area contributed by atoms with Gasteiger partial charge in [0.25, 0.3) is 5.56 Å². The van der Waals surface area contributed by atoms with Gasteiger partial charge in [-0.1, -0.05) is 30.4 Å². The Kier molecular flexibility index (Phi) is 7.10. The van der Waals surface area contributed by atoms with E-state index in [1.807, 2.05) is 13.8 Å². The number of hydrogen-bond donors (Lipinski definition) is 2. The van der Waals surface area contributed by atoms with Gasteiger partial charge in [-0.2, -0.15) is 0 Å². The number of aromatic hydroxyl groups is 1. The summed E-state index contributed by atoms with van der Waals surface area (Å²) in [6, 6.07) is 10.1. The lowest BCUT2D eigenvalue weighted by atomic mass is 9.78. The minimum Gasteiger partial charge on any atom is -0.507 e. The van der Waals surface area contributed by atoms with Crippen molar-refractivity contribution in [3.63, 3.8) is 0 Å². The summed E-state index contributed by atoms with van der Waals surface area (Å²) in [6.07, 6.45) is 1.99. The first-order valence-electron chi connectivity index (χ1n) is 11.2. The molecule has 1 aliphatic rings. The van der Waals surface area contributed by atoms with Crippen LogP contribution in [-0.2, 0) is 10.3 Å². The number of halogens is 1.